The third-order valence-corrected chi connectivity index (χ3v) is 2.32. The van der Waals surface area contributed by atoms with Crippen LogP contribution in [0.4, 0.5) is 15.3 Å². The minimum absolute atomic E-state index is 0.0269. The number of hydrogen-bond donors (Lipinski definition) is 1. The Morgan fingerprint density at radius 3 is 2.79 bits per heavy atom. The van der Waals surface area contributed by atoms with Crippen LogP contribution < -0.4 is 9.64 Å². The minimum atomic E-state index is -1.45. The van der Waals surface area contributed by atoms with Gasteiger partial charge in [0.25, 0.3) is 0 Å². The summed E-state index contributed by atoms with van der Waals surface area (Å²) in [6.45, 7) is 2.11. The van der Waals surface area contributed by atoms with E-state index in [9.17, 15) is 9.59 Å². The normalized spacial score (nSPS) is 9.79. The number of rotatable bonds is 5. The largest absolute Gasteiger partial charge is 0.494 e. The fourth-order valence-electron chi connectivity index (χ4n) is 1.36. The van der Waals surface area contributed by atoms with E-state index < -0.39 is 12.2 Å². The Labute approximate surface area is 110 Å². The number of anilines is 1. The molecule has 2 amide bonds. The molecule has 1 N–H and O–H groups in total. The molecular weight excluding hydrogens is 252 g/mol. The highest BCUT2D eigenvalue weighted by molar-refractivity contribution is 6.09. The lowest BCUT2D eigenvalue weighted by Crippen LogP contribution is -2.36. The molecule has 0 fully saturated rings. The highest BCUT2D eigenvalue weighted by atomic mass is 16.6. The van der Waals surface area contributed by atoms with Crippen LogP contribution in [0.2, 0.25) is 0 Å². The molecule has 0 unspecified atom stereocenters. The van der Waals surface area contributed by atoms with Gasteiger partial charge in [-0.05, 0) is 6.42 Å². The second-order valence-corrected chi connectivity index (χ2v) is 3.63. The number of aromatic nitrogens is 1. The second kappa shape index (κ2) is 7.20. The summed E-state index contributed by atoms with van der Waals surface area (Å²) < 4.78 is 9.88. The Kier molecular flexibility index (Phi) is 5.59. The number of unbranched alkanes of at least 4 members (excludes halogenated alkanes) is 1. The van der Waals surface area contributed by atoms with Gasteiger partial charge in [0, 0.05) is 12.3 Å². The standard InChI is InChI=1S/C12H16N2O5/c1-3-4-7-19-12(17)14(11(15)16)9-8-13-6-5-10(9)18-2/h5-6,8H,3-4,7H2,1-2H3,(H,15,16). The Balaban J connectivity index is 2.94. The van der Waals surface area contributed by atoms with Crippen molar-refractivity contribution in [2.45, 2.75) is 19.8 Å². The molecule has 1 aromatic rings. The number of nitrogens with zero attached hydrogens (tertiary/aromatic N) is 2. The smallest absolute Gasteiger partial charge is 0.424 e. The lowest BCUT2D eigenvalue weighted by Gasteiger charge is -2.18. The SMILES string of the molecule is CCCCOC(=O)N(C(=O)O)c1cnccc1OC. The summed E-state index contributed by atoms with van der Waals surface area (Å²) in [6, 6.07) is 1.46. The van der Waals surface area contributed by atoms with E-state index in [0.29, 0.717) is 11.3 Å². The summed E-state index contributed by atoms with van der Waals surface area (Å²) in [6.07, 6.45) is 1.76. The van der Waals surface area contributed by atoms with Crippen LogP contribution in [0.5, 0.6) is 5.75 Å². The Morgan fingerprint density at radius 1 is 1.47 bits per heavy atom. The van der Waals surface area contributed by atoms with Crippen molar-refractivity contribution in [3.63, 3.8) is 0 Å². The fraction of sp³-hybridized carbons (Fsp3) is 0.417. The second-order valence-electron chi connectivity index (χ2n) is 3.63. The minimum Gasteiger partial charge on any atom is -0.494 e. The highest BCUT2D eigenvalue weighted by Gasteiger charge is 2.27. The predicted octanol–water partition coefficient (Wildman–Crippen LogP) is 2.51. The molecule has 0 aliphatic heterocycles. The number of imide groups is 1. The number of hydrogen-bond acceptors (Lipinski definition) is 5. The third kappa shape index (κ3) is 3.84. The quantitative estimate of drug-likeness (QED) is 0.825. The van der Waals surface area contributed by atoms with E-state index >= 15 is 0 Å². The summed E-state index contributed by atoms with van der Waals surface area (Å²) in [4.78, 5) is 27.2. The molecule has 19 heavy (non-hydrogen) atoms. The van der Waals surface area contributed by atoms with Gasteiger partial charge in [-0.25, -0.2) is 9.59 Å². The zero-order valence-electron chi connectivity index (χ0n) is 10.8. The number of methoxy groups -OCH3 is 1. The van der Waals surface area contributed by atoms with Crippen molar-refractivity contribution >= 4 is 17.9 Å². The maximum Gasteiger partial charge on any atom is 0.424 e. The van der Waals surface area contributed by atoms with Crippen LogP contribution in [-0.4, -0.2) is 36.0 Å². The summed E-state index contributed by atoms with van der Waals surface area (Å²) in [5.41, 5.74) is 0.0269. The van der Waals surface area contributed by atoms with E-state index in [1.165, 1.54) is 25.6 Å². The molecule has 0 atom stereocenters. The third-order valence-electron chi connectivity index (χ3n) is 2.32. The molecule has 0 saturated carbocycles. The molecule has 1 rings (SSSR count). The van der Waals surface area contributed by atoms with E-state index in [2.05, 4.69) is 4.98 Å². The molecule has 104 valence electrons. The van der Waals surface area contributed by atoms with Crippen molar-refractivity contribution in [2.75, 3.05) is 18.6 Å². The molecule has 0 radical (unpaired) electrons. The maximum absolute atomic E-state index is 11.8. The van der Waals surface area contributed by atoms with Gasteiger partial charge in [0.2, 0.25) is 0 Å². The summed E-state index contributed by atoms with van der Waals surface area (Å²) in [7, 11) is 1.38. The van der Waals surface area contributed by atoms with E-state index in [4.69, 9.17) is 14.6 Å². The van der Waals surface area contributed by atoms with E-state index in [-0.39, 0.29) is 18.0 Å². The van der Waals surface area contributed by atoms with Crippen molar-refractivity contribution in [1.29, 1.82) is 0 Å². The van der Waals surface area contributed by atoms with Gasteiger partial charge in [-0.15, -0.1) is 0 Å². The average molecular weight is 268 g/mol. The molecule has 0 spiro atoms. The van der Waals surface area contributed by atoms with Crippen molar-refractivity contribution in [1.82, 2.24) is 4.98 Å². The number of pyridine rings is 1. The summed E-state index contributed by atoms with van der Waals surface area (Å²) in [5, 5.41) is 9.12. The number of ether oxygens (including phenoxy) is 2. The van der Waals surface area contributed by atoms with Crippen molar-refractivity contribution < 1.29 is 24.2 Å². The van der Waals surface area contributed by atoms with Crippen LogP contribution in [0.1, 0.15) is 19.8 Å². The van der Waals surface area contributed by atoms with E-state index in [1.807, 2.05) is 6.92 Å². The fourth-order valence-corrected chi connectivity index (χ4v) is 1.36. The molecule has 1 aromatic heterocycles. The van der Waals surface area contributed by atoms with Crippen molar-refractivity contribution in [3.8, 4) is 5.75 Å². The van der Waals surface area contributed by atoms with Gasteiger partial charge in [-0.1, -0.05) is 13.3 Å². The van der Waals surface area contributed by atoms with E-state index in [1.54, 1.807) is 0 Å². The first-order valence-corrected chi connectivity index (χ1v) is 5.79. The molecule has 1 heterocycles. The molecule has 7 heteroatoms. The van der Waals surface area contributed by atoms with Gasteiger partial charge in [0.05, 0.1) is 19.9 Å². The van der Waals surface area contributed by atoms with Gasteiger partial charge in [-0.2, -0.15) is 4.90 Å². The van der Waals surface area contributed by atoms with Crippen LogP contribution in [0.3, 0.4) is 0 Å². The van der Waals surface area contributed by atoms with Gasteiger partial charge in [0.1, 0.15) is 11.4 Å². The summed E-state index contributed by atoms with van der Waals surface area (Å²) >= 11 is 0. The Morgan fingerprint density at radius 2 is 2.21 bits per heavy atom. The Bertz CT molecular complexity index is 450. The number of amides is 2. The van der Waals surface area contributed by atoms with Crippen LogP contribution in [0, 0.1) is 0 Å². The van der Waals surface area contributed by atoms with Crippen LogP contribution >= 0.6 is 0 Å². The van der Waals surface area contributed by atoms with Gasteiger partial charge in [-0.3, -0.25) is 4.98 Å². The van der Waals surface area contributed by atoms with Gasteiger partial charge in [0.15, 0.2) is 0 Å². The van der Waals surface area contributed by atoms with Crippen LogP contribution in [0.25, 0.3) is 0 Å². The first-order chi connectivity index (χ1) is 9.11. The maximum atomic E-state index is 11.8. The number of carboxylic acid groups (broad SMARTS) is 1. The zero-order chi connectivity index (χ0) is 14.3. The molecule has 0 saturated heterocycles. The van der Waals surface area contributed by atoms with E-state index in [0.717, 1.165) is 6.42 Å². The average Bonchev–Trinajstić information content (AvgIpc) is 2.39. The molecule has 0 aromatic carbocycles. The van der Waals surface area contributed by atoms with Gasteiger partial charge < -0.3 is 14.6 Å². The van der Waals surface area contributed by atoms with Gasteiger partial charge >= 0.3 is 12.2 Å². The predicted molar refractivity (Wildman–Crippen MR) is 67.5 cm³/mol. The Hall–Kier alpha value is -2.31. The number of carbonyl (C=O) groups excluding carboxylic acids is 1. The number of carbonyl (C=O) groups is 2. The molecular formula is C12H16N2O5. The topological polar surface area (TPSA) is 89.0 Å². The van der Waals surface area contributed by atoms with Crippen molar-refractivity contribution in [3.05, 3.63) is 18.5 Å². The summed E-state index contributed by atoms with van der Waals surface area (Å²) in [5.74, 6) is 0.227. The molecule has 0 aliphatic carbocycles. The lowest BCUT2D eigenvalue weighted by molar-refractivity contribution is 0.147. The van der Waals surface area contributed by atoms with Crippen LogP contribution in [0.15, 0.2) is 18.5 Å². The zero-order valence-corrected chi connectivity index (χ0v) is 10.8. The molecule has 7 nitrogen and oxygen atoms in total. The van der Waals surface area contributed by atoms with Crippen LogP contribution in [-0.2, 0) is 4.74 Å². The molecule has 0 bridgehead atoms. The van der Waals surface area contributed by atoms with Crippen molar-refractivity contribution in [2.24, 2.45) is 0 Å². The lowest BCUT2D eigenvalue weighted by atomic mass is 10.3. The first-order valence-electron chi connectivity index (χ1n) is 5.79. The first kappa shape index (κ1) is 14.7. The highest BCUT2D eigenvalue weighted by Crippen LogP contribution is 2.27. The monoisotopic (exact) mass is 268 g/mol. The molecule has 0 aliphatic rings.